The molecule has 188 valence electrons. The molecular formula is C26H26N2O8. The van der Waals surface area contributed by atoms with Crippen molar-refractivity contribution in [2.75, 3.05) is 13.2 Å². The van der Waals surface area contributed by atoms with Gasteiger partial charge in [-0.05, 0) is 67.8 Å². The Morgan fingerprint density at radius 2 is 1.31 bits per heavy atom. The quantitative estimate of drug-likeness (QED) is 0.103. The molecule has 0 saturated carbocycles. The highest BCUT2D eigenvalue weighted by molar-refractivity contribution is 5.70. The van der Waals surface area contributed by atoms with E-state index in [4.69, 9.17) is 18.9 Å². The van der Waals surface area contributed by atoms with Crippen LogP contribution in [0.5, 0.6) is 23.0 Å². The number of hydrogen-bond acceptors (Lipinski definition) is 8. The van der Waals surface area contributed by atoms with Gasteiger partial charge in [0.25, 0.3) is 5.69 Å². The molecule has 0 aliphatic rings. The number of unbranched alkanes of at least 4 members (excludes halogenated alkanes) is 3. The molecule has 0 unspecified atom stereocenters. The molecule has 1 N–H and O–H groups in total. The predicted octanol–water partition coefficient (Wildman–Crippen LogP) is 6.25. The van der Waals surface area contributed by atoms with E-state index in [1.807, 2.05) is 30.3 Å². The van der Waals surface area contributed by atoms with E-state index < -0.39 is 17.2 Å². The fourth-order valence-electron chi connectivity index (χ4n) is 3.03. The summed E-state index contributed by atoms with van der Waals surface area (Å²) >= 11 is 0. The third-order valence-corrected chi connectivity index (χ3v) is 4.82. The summed E-state index contributed by atoms with van der Waals surface area (Å²) in [5.74, 6) is 1.93. The first-order valence-corrected chi connectivity index (χ1v) is 11.4. The van der Waals surface area contributed by atoms with Gasteiger partial charge in [0.2, 0.25) is 0 Å². The van der Waals surface area contributed by atoms with Crippen molar-refractivity contribution in [2.45, 2.75) is 25.7 Å². The van der Waals surface area contributed by atoms with Crippen molar-refractivity contribution in [1.29, 1.82) is 0 Å². The average molecular weight is 495 g/mol. The van der Waals surface area contributed by atoms with E-state index in [-0.39, 0.29) is 18.0 Å². The van der Waals surface area contributed by atoms with Crippen molar-refractivity contribution >= 4 is 17.9 Å². The highest BCUT2D eigenvalue weighted by Gasteiger charge is 2.09. The zero-order valence-electron chi connectivity index (χ0n) is 19.5. The van der Waals surface area contributed by atoms with Crippen LogP contribution in [-0.4, -0.2) is 30.3 Å². The lowest BCUT2D eigenvalue weighted by Gasteiger charge is -2.08. The van der Waals surface area contributed by atoms with Gasteiger partial charge in [0.15, 0.2) is 0 Å². The van der Waals surface area contributed by atoms with Crippen molar-refractivity contribution in [3.05, 3.63) is 89.0 Å². The largest absolute Gasteiger partial charge is 0.513 e. The Morgan fingerprint density at radius 3 is 2.00 bits per heavy atom. The first kappa shape index (κ1) is 26.0. The molecule has 0 heterocycles. The van der Waals surface area contributed by atoms with Gasteiger partial charge in [-0.1, -0.05) is 24.6 Å². The number of ether oxygens (including phenoxy) is 4. The number of nitrogens with zero attached hydrogens (tertiary/aromatic N) is 1. The molecule has 0 aromatic heterocycles. The van der Waals surface area contributed by atoms with Gasteiger partial charge in [0.1, 0.15) is 23.0 Å². The third kappa shape index (κ3) is 9.34. The van der Waals surface area contributed by atoms with Crippen LogP contribution >= 0.6 is 0 Å². The maximum Gasteiger partial charge on any atom is 0.513 e. The molecule has 3 rings (SSSR count). The number of nitro benzene ring substituents is 1. The number of amides is 1. The summed E-state index contributed by atoms with van der Waals surface area (Å²) in [6.45, 7) is 0.641. The molecule has 0 aliphatic carbocycles. The van der Waals surface area contributed by atoms with E-state index >= 15 is 0 Å². The Bertz CT molecular complexity index is 1120. The molecule has 0 radical (unpaired) electrons. The molecule has 0 atom stereocenters. The van der Waals surface area contributed by atoms with Crippen LogP contribution in [0.3, 0.4) is 0 Å². The Labute approximate surface area is 207 Å². The van der Waals surface area contributed by atoms with Crippen molar-refractivity contribution in [3.8, 4) is 23.0 Å². The summed E-state index contributed by atoms with van der Waals surface area (Å²) in [5, 5.41) is 13.3. The Morgan fingerprint density at radius 1 is 0.722 bits per heavy atom. The summed E-state index contributed by atoms with van der Waals surface area (Å²) in [4.78, 5) is 33.6. The molecule has 10 heteroatoms. The number of hydrogen-bond donors (Lipinski definition) is 1. The Hall–Kier alpha value is -4.60. The topological polar surface area (TPSA) is 126 Å². The molecule has 0 fully saturated rings. The van der Waals surface area contributed by atoms with E-state index in [1.54, 1.807) is 24.3 Å². The van der Waals surface area contributed by atoms with Crippen molar-refractivity contribution < 1.29 is 33.5 Å². The number of nitro groups is 1. The number of carbonyl (C=O) groups excluding carboxylic acids is 2. The molecule has 0 bridgehead atoms. The van der Waals surface area contributed by atoms with Gasteiger partial charge in [-0.25, -0.2) is 9.59 Å². The highest BCUT2D eigenvalue weighted by Crippen LogP contribution is 2.23. The summed E-state index contributed by atoms with van der Waals surface area (Å²) in [6.07, 6.45) is 1.59. The monoisotopic (exact) mass is 494 g/mol. The first-order valence-electron chi connectivity index (χ1n) is 11.4. The van der Waals surface area contributed by atoms with Crippen molar-refractivity contribution in [1.82, 2.24) is 5.32 Å². The van der Waals surface area contributed by atoms with E-state index in [0.29, 0.717) is 24.5 Å². The van der Waals surface area contributed by atoms with Crippen LogP contribution in [0.15, 0.2) is 78.9 Å². The maximum atomic E-state index is 11.9. The zero-order chi connectivity index (χ0) is 25.6. The maximum absolute atomic E-state index is 11.9. The van der Waals surface area contributed by atoms with Gasteiger partial charge in [-0.15, -0.1) is 0 Å². The Kier molecular flexibility index (Phi) is 10.1. The lowest BCUT2D eigenvalue weighted by atomic mass is 10.2. The van der Waals surface area contributed by atoms with Crippen molar-refractivity contribution in [3.63, 3.8) is 0 Å². The van der Waals surface area contributed by atoms with Gasteiger partial charge >= 0.3 is 12.2 Å². The molecule has 3 aromatic carbocycles. The predicted molar refractivity (Wildman–Crippen MR) is 131 cm³/mol. The van der Waals surface area contributed by atoms with Crippen LogP contribution in [0.4, 0.5) is 15.3 Å². The van der Waals surface area contributed by atoms with Gasteiger partial charge in [-0.2, -0.15) is 0 Å². The number of nitrogens with one attached hydrogen (secondary N) is 1. The number of rotatable bonds is 12. The third-order valence-electron chi connectivity index (χ3n) is 4.82. The van der Waals surface area contributed by atoms with E-state index in [1.165, 1.54) is 24.3 Å². The lowest BCUT2D eigenvalue weighted by Crippen LogP contribution is -2.27. The second kappa shape index (κ2) is 14.0. The summed E-state index contributed by atoms with van der Waals surface area (Å²) in [5.41, 5.74) is -0.0956. The number of carbonyl (C=O) groups is 2. The molecule has 0 saturated heterocycles. The van der Waals surface area contributed by atoms with Crippen LogP contribution in [0, 0.1) is 10.1 Å². The summed E-state index contributed by atoms with van der Waals surface area (Å²) in [6, 6.07) is 21.3. The lowest BCUT2D eigenvalue weighted by molar-refractivity contribution is -0.384. The standard InChI is InChI=1S/C26H26N2O8/c29-25(35-23-16-14-22(15-17-23)34-21-8-4-3-5-9-21)27-18-6-1-2-7-19-33-26(30)36-24-12-10-20(11-13-24)28(31)32/h3-5,8-17H,1-2,6-7,18-19H2,(H,27,29). The summed E-state index contributed by atoms with van der Waals surface area (Å²) in [7, 11) is 0. The van der Waals surface area contributed by atoms with Crippen LogP contribution < -0.4 is 19.5 Å². The fourth-order valence-corrected chi connectivity index (χ4v) is 3.03. The normalized spacial score (nSPS) is 10.2. The second-order valence-electron chi connectivity index (χ2n) is 7.57. The minimum atomic E-state index is -0.868. The molecule has 0 spiro atoms. The van der Waals surface area contributed by atoms with E-state index in [0.717, 1.165) is 25.0 Å². The van der Waals surface area contributed by atoms with Gasteiger partial charge in [0, 0.05) is 18.7 Å². The highest BCUT2D eigenvalue weighted by atomic mass is 16.7. The van der Waals surface area contributed by atoms with Crippen molar-refractivity contribution in [2.24, 2.45) is 0 Å². The zero-order valence-corrected chi connectivity index (χ0v) is 19.5. The smallest absolute Gasteiger partial charge is 0.457 e. The van der Waals surface area contributed by atoms with Gasteiger partial charge < -0.3 is 24.3 Å². The van der Waals surface area contributed by atoms with Crippen LogP contribution in [0.25, 0.3) is 0 Å². The molecule has 36 heavy (non-hydrogen) atoms. The number of para-hydroxylation sites is 1. The van der Waals surface area contributed by atoms with E-state index in [2.05, 4.69) is 5.32 Å². The first-order chi connectivity index (χ1) is 17.5. The number of benzene rings is 3. The van der Waals surface area contributed by atoms with Crippen LogP contribution in [0.2, 0.25) is 0 Å². The van der Waals surface area contributed by atoms with E-state index in [9.17, 15) is 19.7 Å². The molecule has 0 aliphatic heterocycles. The Balaban J connectivity index is 1.21. The van der Waals surface area contributed by atoms with Gasteiger partial charge in [-0.3, -0.25) is 10.1 Å². The van der Waals surface area contributed by atoms with Crippen LogP contribution in [0.1, 0.15) is 25.7 Å². The minimum absolute atomic E-state index is 0.0956. The second-order valence-corrected chi connectivity index (χ2v) is 7.57. The molecule has 1 amide bonds. The van der Waals surface area contributed by atoms with Crippen LogP contribution in [-0.2, 0) is 4.74 Å². The average Bonchev–Trinajstić information content (AvgIpc) is 2.88. The molecule has 10 nitrogen and oxygen atoms in total. The molecule has 3 aromatic rings. The van der Waals surface area contributed by atoms with Gasteiger partial charge in [0.05, 0.1) is 11.5 Å². The number of non-ortho nitro benzene ring substituents is 1. The fraction of sp³-hybridized carbons (Fsp3) is 0.231. The summed E-state index contributed by atoms with van der Waals surface area (Å²) < 4.78 is 20.9. The SMILES string of the molecule is O=C(NCCCCCCOC(=O)Oc1ccc([N+](=O)[O-])cc1)Oc1ccc(Oc2ccccc2)cc1. The molecular weight excluding hydrogens is 468 g/mol. The minimum Gasteiger partial charge on any atom is -0.457 e.